The molecule has 0 spiro atoms. The third-order valence-electron chi connectivity index (χ3n) is 9.45. The molecular formula is C43H38Br2N2O2. The molecule has 0 radical (unpaired) electrons. The molecule has 0 amide bonds. The van der Waals surface area contributed by atoms with E-state index in [4.69, 9.17) is 9.47 Å². The Morgan fingerprint density at radius 1 is 0.490 bits per heavy atom. The van der Waals surface area contributed by atoms with E-state index in [2.05, 4.69) is 102 Å². The summed E-state index contributed by atoms with van der Waals surface area (Å²) in [6, 6.07) is 42.0. The minimum Gasteiger partial charge on any atom is -0.494 e. The zero-order chi connectivity index (χ0) is 33.5. The largest absolute Gasteiger partial charge is 0.494 e. The second kappa shape index (κ2) is 15.5. The van der Waals surface area contributed by atoms with Crippen LogP contribution in [0, 0.1) is 0 Å². The number of rotatable bonds is 14. The topological polar surface area (TPSA) is 44.2 Å². The average Bonchev–Trinajstić information content (AvgIpc) is 3.40. The number of unbranched alkanes of at least 4 members (excludes halogenated alkanes) is 2. The van der Waals surface area contributed by atoms with E-state index < -0.39 is 0 Å². The van der Waals surface area contributed by atoms with Crippen molar-refractivity contribution in [1.82, 2.24) is 9.97 Å². The fraction of sp³-hybridized carbons (Fsp3) is 0.209. The van der Waals surface area contributed by atoms with Crippen LogP contribution >= 0.6 is 31.9 Å². The number of fused-ring (bicyclic) bond motifs is 3. The molecule has 6 heteroatoms. The van der Waals surface area contributed by atoms with Gasteiger partial charge in [-0.25, -0.2) is 0 Å². The smallest absolute Gasteiger partial charge is 0.119 e. The number of nitrogens with zero attached hydrogens (tertiary/aromatic N) is 2. The molecule has 7 rings (SSSR count). The van der Waals surface area contributed by atoms with Gasteiger partial charge in [0.1, 0.15) is 11.5 Å². The molecule has 1 aliphatic carbocycles. The molecule has 0 bridgehead atoms. The number of benzene rings is 4. The lowest BCUT2D eigenvalue weighted by molar-refractivity contribution is 0.285. The molecule has 4 aromatic carbocycles. The molecule has 49 heavy (non-hydrogen) atoms. The molecule has 0 aliphatic heterocycles. The van der Waals surface area contributed by atoms with Crippen LogP contribution in [0.5, 0.6) is 11.5 Å². The van der Waals surface area contributed by atoms with Crippen molar-refractivity contribution in [2.75, 3.05) is 13.2 Å². The van der Waals surface area contributed by atoms with Gasteiger partial charge in [0, 0.05) is 37.9 Å². The molecular weight excluding hydrogens is 736 g/mol. The van der Waals surface area contributed by atoms with Crippen LogP contribution in [0.1, 0.15) is 49.7 Å². The number of hydrogen-bond donors (Lipinski definition) is 0. The molecule has 0 fully saturated rings. The van der Waals surface area contributed by atoms with Crippen LogP contribution in [0.25, 0.3) is 33.6 Å². The molecule has 2 heterocycles. The lowest BCUT2D eigenvalue weighted by Gasteiger charge is -2.33. The van der Waals surface area contributed by atoms with Crippen molar-refractivity contribution >= 4 is 31.9 Å². The maximum Gasteiger partial charge on any atom is 0.119 e. The summed E-state index contributed by atoms with van der Waals surface area (Å²) in [5, 5.41) is 0. The summed E-state index contributed by atoms with van der Waals surface area (Å²) < 4.78 is 14.7. The SMILES string of the molecule is Brc1ccc2c(c1)C(CCCCOc1ccc(-c3ccccn3)cc1)(CCCCOc1ccc(-c3ccccn3)cc1)c1cc(Br)ccc1-2. The quantitative estimate of drug-likeness (QED) is 0.103. The predicted octanol–water partition coefficient (Wildman–Crippen LogP) is 12.1. The van der Waals surface area contributed by atoms with Gasteiger partial charge in [-0.3, -0.25) is 9.97 Å². The van der Waals surface area contributed by atoms with Gasteiger partial charge in [-0.1, -0.05) is 56.1 Å². The second-order valence-corrected chi connectivity index (χ2v) is 14.4. The van der Waals surface area contributed by atoms with Crippen molar-refractivity contribution in [2.24, 2.45) is 0 Å². The molecule has 4 nitrogen and oxygen atoms in total. The van der Waals surface area contributed by atoms with Gasteiger partial charge >= 0.3 is 0 Å². The van der Waals surface area contributed by atoms with Crippen molar-refractivity contribution < 1.29 is 9.47 Å². The number of aromatic nitrogens is 2. The van der Waals surface area contributed by atoms with Crippen LogP contribution < -0.4 is 9.47 Å². The van der Waals surface area contributed by atoms with Crippen LogP contribution in [-0.4, -0.2) is 23.2 Å². The standard InChI is InChI=1S/C43H38Br2N2O2/c44-33-15-21-37-38-22-16-34(45)30-40(38)43(39(37)29-33,23-3-7-27-48-35-17-11-31(12-18-35)41-9-1-5-25-46-41)24-4-8-28-49-36-19-13-32(14-20-36)42-10-2-6-26-47-42/h1-2,5-6,9-22,25-26,29-30H,3-4,7-8,23-24,27-28H2. The second-order valence-electron chi connectivity index (χ2n) is 12.6. The Hall–Kier alpha value is -4.26. The first-order chi connectivity index (χ1) is 24.1. The van der Waals surface area contributed by atoms with E-state index >= 15 is 0 Å². The van der Waals surface area contributed by atoms with Crippen molar-refractivity contribution in [1.29, 1.82) is 0 Å². The molecule has 6 aromatic rings. The Kier molecular flexibility index (Phi) is 10.5. The fourth-order valence-corrected chi connectivity index (χ4v) is 7.77. The van der Waals surface area contributed by atoms with Gasteiger partial charge in [-0.2, -0.15) is 0 Å². The molecule has 246 valence electrons. The van der Waals surface area contributed by atoms with Crippen molar-refractivity contribution in [3.05, 3.63) is 154 Å². The summed E-state index contributed by atoms with van der Waals surface area (Å²) in [6.07, 6.45) is 9.83. The summed E-state index contributed by atoms with van der Waals surface area (Å²) in [4.78, 5) is 8.91. The van der Waals surface area contributed by atoms with E-state index in [0.717, 1.165) is 81.5 Å². The van der Waals surface area contributed by atoms with E-state index in [1.807, 2.05) is 73.1 Å². The molecule has 0 atom stereocenters. The Bertz CT molecular complexity index is 1840. The van der Waals surface area contributed by atoms with Crippen LogP contribution in [-0.2, 0) is 5.41 Å². The number of hydrogen-bond acceptors (Lipinski definition) is 4. The third-order valence-corrected chi connectivity index (χ3v) is 10.4. The number of ether oxygens (including phenoxy) is 2. The Labute approximate surface area is 305 Å². The monoisotopic (exact) mass is 772 g/mol. The van der Waals surface area contributed by atoms with Gasteiger partial charge in [0.15, 0.2) is 0 Å². The van der Waals surface area contributed by atoms with Gasteiger partial charge in [-0.15, -0.1) is 0 Å². The van der Waals surface area contributed by atoms with E-state index in [9.17, 15) is 0 Å². The molecule has 0 unspecified atom stereocenters. The van der Waals surface area contributed by atoms with Crippen LogP contribution in [0.3, 0.4) is 0 Å². The minimum atomic E-state index is -0.0765. The summed E-state index contributed by atoms with van der Waals surface area (Å²) in [5.74, 6) is 1.79. The first kappa shape index (κ1) is 33.2. The normalized spacial score (nSPS) is 12.7. The third kappa shape index (κ3) is 7.66. The highest BCUT2D eigenvalue weighted by atomic mass is 79.9. The number of pyridine rings is 2. The lowest BCUT2D eigenvalue weighted by atomic mass is 9.71. The number of halogens is 2. The lowest BCUT2D eigenvalue weighted by Crippen LogP contribution is -2.26. The first-order valence-electron chi connectivity index (χ1n) is 17.0. The van der Waals surface area contributed by atoms with Crippen molar-refractivity contribution in [3.63, 3.8) is 0 Å². The Balaban J connectivity index is 1.00. The molecule has 1 aliphatic rings. The summed E-state index contributed by atoms with van der Waals surface area (Å²) in [5.41, 5.74) is 9.59. The van der Waals surface area contributed by atoms with Gasteiger partial charge in [-0.05, 0) is 158 Å². The Morgan fingerprint density at radius 3 is 1.35 bits per heavy atom. The zero-order valence-electron chi connectivity index (χ0n) is 27.3. The van der Waals surface area contributed by atoms with E-state index in [-0.39, 0.29) is 5.41 Å². The first-order valence-corrected chi connectivity index (χ1v) is 18.6. The highest BCUT2D eigenvalue weighted by Gasteiger charge is 2.42. The minimum absolute atomic E-state index is 0.0765. The van der Waals surface area contributed by atoms with Crippen molar-refractivity contribution in [2.45, 2.75) is 43.9 Å². The summed E-state index contributed by atoms with van der Waals surface area (Å²) in [7, 11) is 0. The van der Waals surface area contributed by atoms with Crippen LogP contribution in [0.4, 0.5) is 0 Å². The fourth-order valence-electron chi connectivity index (χ4n) is 7.05. The van der Waals surface area contributed by atoms with E-state index in [1.54, 1.807) is 0 Å². The maximum atomic E-state index is 6.20. The molecule has 0 saturated heterocycles. The van der Waals surface area contributed by atoms with Gasteiger partial charge in [0.05, 0.1) is 24.6 Å². The average molecular weight is 775 g/mol. The molecule has 0 N–H and O–H groups in total. The molecule has 0 saturated carbocycles. The van der Waals surface area contributed by atoms with Crippen LogP contribution in [0.15, 0.2) is 143 Å². The summed E-state index contributed by atoms with van der Waals surface area (Å²) in [6.45, 7) is 1.37. The van der Waals surface area contributed by atoms with Crippen molar-refractivity contribution in [3.8, 4) is 45.1 Å². The van der Waals surface area contributed by atoms with E-state index in [0.29, 0.717) is 13.2 Å². The van der Waals surface area contributed by atoms with E-state index in [1.165, 1.54) is 22.3 Å². The van der Waals surface area contributed by atoms with Crippen LogP contribution in [0.2, 0.25) is 0 Å². The Morgan fingerprint density at radius 2 is 0.939 bits per heavy atom. The highest BCUT2D eigenvalue weighted by molar-refractivity contribution is 9.10. The highest BCUT2D eigenvalue weighted by Crippen LogP contribution is 2.55. The summed E-state index contributed by atoms with van der Waals surface area (Å²) >= 11 is 7.59. The maximum absolute atomic E-state index is 6.20. The predicted molar refractivity (Wildman–Crippen MR) is 206 cm³/mol. The zero-order valence-corrected chi connectivity index (χ0v) is 30.5. The molecule has 2 aromatic heterocycles. The van der Waals surface area contributed by atoms with Gasteiger partial charge in [0.25, 0.3) is 0 Å². The van der Waals surface area contributed by atoms with Gasteiger partial charge in [0.2, 0.25) is 0 Å². The van der Waals surface area contributed by atoms with Gasteiger partial charge < -0.3 is 9.47 Å².